The fourth-order valence-electron chi connectivity index (χ4n) is 0.962. The van der Waals surface area contributed by atoms with Crippen LogP contribution in [0.15, 0.2) is 5.11 Å². The third-order valence-corrected chi connectivity index (χ3v) is 2.38. The summed E-state index contributed by atoms with van der Waals surface area (Å²) >= 11 is 0. The highest BCUT2D eigenvalue weighted by atomic mass is 28.4. The first-order valence-electron chi connectivity index (χ1n) is 4.67. The van der Waals surface area contributed by atoms with Crippen LogP contribution >= 0.6 is 0 Å². The second kappa shape index (κ2) is 6.44. The molecule has 0 amide bonds. The summed E-state index contributed by atoms with van der Waals surface area (Å²) in [7, 11) is -1.72. The van der Waals surface area contributed by atoms with Gasteiger partial charge < -0.3 is 9.16 Å². The Labute approximate surface area is 90.3 Å². The number of carbonyl (C=O) groups is 1. The van der Waals surface area contributed by atoms with E-state index < -0.39 is 8.32 Å². The van der Waals surface area contributed by atoms with Crippen molar-refractivity contribution in [1.82, 2.24) is 0 Å². The number of azide groups is 1. The van der Waals surface area contributed by atoms with Crippen molar-refractivity contribution < 1.29 is 14.0 Å². The lowest BCUT2D eigenvalue weighted by molar-refractivity contribution is -0.143. The number of rotatable bonds is 6. The minimum Gasteiger partial charge on any atom is -0.463 e. The van der Waals surface area contributed by atoms with E-state index in [1.807, 2.05) is 19.6 Å². The van der Waals surface area contributed by atoms with Gasteiger partial charge >= 0.3 is 5.97 Å². The van der Waals surface area contributed by atoms with Crippen molar-refractivity contribution >= 4 is 14.3 Å². The topological polar surface area (TPSA) is 84.3 Å². The van der Waals surface area contributed by atoms with Crippen molar-refractivity contribution in [2.75, 3.05) is 13.2 Å². The highest BCUT2D eigenvalue weighted by Crippen LogP contribution is 2.08. The Kier molecular flexibility index (Phi) is 5.99. The molecule has 1 unspecified atom stereocenters. The molecule has 15 heavy (non-hydrogen) atoms. The molecule has 7 heteroatoms. The molecule has 0 aromatic heterocycles. The SMILES string of the molecule is CC(=O)OCC(CN=[N+]=[N-])O[Si](C)(C)C. The summed E-state index contributed by atoms with van der Waals surface area (Å²) in [6.45, 7) is 7.71. The average Bonchev–Trinajstić information content (AvgIpc) is 2.07. The van der Waals surface area contributed by atoms with Crippen molar-refractivity contribution in [3.63, 3.8) is 0 Å². The number of nitrogens with zero attached hydrogens (tertiary/aromatic N) is 3. The van der Waals surface area contributed by atoms with Gasteiger partial charge in [0.05, 0.1) is 12.6 Å². The van der Waals surface area contributed by atoms with Crippen molar-refractivity contribution in [3.8, 4) is 0 Å². The summed E-state index contributed by atoms with van der Waals surface area (Å²) in [5.74, 6) is -0.361. The maximum atomic E-state index is 10.6. The lowest BCUT2D eigenvalue weighted by Gasteiger charge is -2.24. The Morgan fingerprint density at radius 1 is 1.53 bits per heavy atom. The maximum Gasteiger partial charge on any atom is 0.302 e. The minimum atomic E-state index is -1.72. The number of hydrogen-bond acceptors (Lipinski definition) is 4. The zero-order valence-corrected chi connectivity index (χ0v) is 10.6. The van der Waals surface area contributed by atoms with Gasteiger partial charge in [-0.25, -0.2) is 0 Å². The van der Waals surface area contributed by atoms with Gasteiger partial charge in [-0.05, 0) is 25.2 Å². The highest BCUT2D eigenvalue weighted by Gasteiger charge is 2.21. The molecule has 0 aliphatic rings. The number of esters is 1. The first kappa shape index (κ1) is 14.0. The van der Waals surface area contributed by atoms with Gasteiger partial charge in [0, 0.05) is 11.8 Å². The van der Waals surface area contributed by atoms with Crippen LogP contribution in [0.25, 0.3) is 10.4 Å². The van der Waals surface area contributed by atoms with Gasteiger partial charge in [-0.1, -0.05) is 5.11 Å². The first-order chi connectivity index (χ1) is 6.85. The van der Waals surface area contributed by atoms with Gasteiger partial charge in [-0.3, -0.25) is 4.79 Å². The Morgan fingerprint density at radius 3 is 2.53 bits per heavy atom. The largest absolute Gasteiger partial charge is 0.463 e. The molecule has 86 valence electrons. The molecule has 0 aromatic carbocycles. The van der Waals surface area contributed by atoms with Crippen LogP contribution in [0.2, 0.25) is 19.6 Å². The van der Waals surface area contributed by atoms with Crippen LogP contribution in [-0.4, -0.2) is 33.5 Å². The van der Waals surface area contributed by atoms with E-state index >= 15 is 0 Å². The molecule has 0 spiro atoms. The Hall–Kier alpha value is -1.04. The summed E-state index contributed by atoms with van der Waals surface area (Å²) in [6, 6.07) is 0. The monoisotopic (exact) mass is 231 g/mol. The Bertz CT molecular complexity index is 258. The number of ether oxygens (including phenoxy) is 1. The molecule has 0 aliphatic carbocycles. The summed E-state index contributed by atoms with van der Waals surface area (Å²) < 4.78 is 10.5. The van der Waals surface area contributed by atoms with Crippen LogP contribution in [0.4, 0.5) is 0 Å². The Morgan fingerprint density at radius 2 is 2.13 bits per heavy atom. The smallest absolute Gasteiger partial charge is 0.302 e. The van der Waals surface area contributed by atoms with Gasteiger partial charge in [0.25, 0.3) is 0 Å². The van der Waals surface area contributed by atoms with Crippen LogP contribution in [-0.2, 0) is 14.0 Å². The molecule has 1 atom stereocenters. The van der Waals surface area contributed by atoms with Crippen LogP contribution < -0.4 is 0 Å². The predicted octanol–water partition coefficient (Wildman–Crippen LogP) is 2.08. The molecule has 0 saturated carbocycles. The van der Waals surface area contributed by atoms with E-state index in [1.54, 1.807) is 0 Å². The molecule has 0 radical (unpaired) electrons. The maximum absolute atomic E-state index is 10.6. The van der Waals surface area contributed by atoms with Gasteiger partial charge in [0.15, 0.2) is 8.32 Å². The molecule has 6 nitrogen and oxygen atoms in total. The van der Waals surface area contributed by atoms with Crippen LogP contribution in [0.1, 0.15) is 6.92 Å². The standard InChI is InChI=1S/C8H17N3O3Si/c1-7(12)13-6-8(5-10-11-9)14-15(2,3)4/h8H,5-6H2,1-4H3. The third-order valence-electron chi connectivity index (χ3n) is 1.34. The fraction of sp³-hybridized carbons (Fsp3) is 0.875. The molecule has 0 fully saturated rings. The molecule has 0 aromatic rings. The molecule has 0 aliphatic heterocycles. The van der Waals surface area contributed by atoms with Crippen molar-refractivity contribution in [1.29, 1.82) is 0 Å². The van der Waals surface area contributed by atoms with Gasteiger partial charge in [-0.2, -0.15) is 0 Å². The van der Waals surface area contributed by atoms with E-state index in [0.29, 0.717) is 0 Å². The van der Waals surface area contributed by atoms with Crippen molar-refractivity contribution in [2.45, 2.75) is 32.7 Å². The molecule has 0 saturated heterocycles. The Balaban J connectivity index is 4.17. The average molecular weight is 231 g/mol. The lowest BCUT2D eigenvalue weighted by atomic mass is 10.4. The van der Waals surface area contributed by atoms with Gasteiger partial charge in [0.2, 0.25) is 0 Å². The second-order valence-corrected chi connectivity index (χ2v) is 8.53. The fourth-order valence-corrected chi connectivity index (χ4v) is 2.10. The molecule has 0 bridgehead atoms. The zero-order chi connectivity index (χ0) is 11.9. The quantitative estimate of drug-likeness (QED) is 0.230. The van der Waals surface area contributed by atoms with Crippen molar-refractivity contribution in [3.05, 3.63) is 10.4 Å². The van der Waals surface area contributed by atoms with E-state index in [-0.39, 0.29) is 25.2 Å². The molecular weight excluding hydrogens is 214 g/mol. The van der Waals surface area contributed by atoms with Crippen LogP contribution in [0, 0.1) is 0 Å². The third kappa shape index (κ3) is 9.27. The predicted molar refractivity (Wildman–Crippen MR) is 58.9 cm³/mol. The summed E-state index contributed by atoms with van der Waals surface area (Å²) in [4.78, 5) is 13.3. The molecule has 0 rings (SSSR count). The second-order valence-electron chi connectivity index (χ2n) is 4.07. The molecular formula is C8H17N3O3Si. The normalized spacial score (nSPS) is 12.8. The summed E-state index contributed by atoms with van der Waals surface area (Å²) in [5, 5.41) is 3.42. The first-order valence-corrected chi connectivity index (χ1v) is 8.08. The van der Waals surface area contributed by atoms with E-state index in [1.165, 1.54) is 6.92 Å². The number of hydrogen-bond donors (Lipinski definition) is 0. The van der Waals surface area contributed by atoms with Gasteiger partial charge in [-0.15, -0.1) is 0 Å². The summed E-state index contributed by atoms with van der Waals surface area (Å²) in [5.41, 5.74) is 8.20. The molecule has 0 N–H and O–H groups in total. The summed E-state index contributed by atoms with van der Waals surface area (Å²) in [6.07, 6.45) is -0.337. The lowest BCUT2D eigenvalue weighted by Crippen LogP contribution is -2.36. The van der Waals surface area contributed by atoms with Crippen molar-refractivity contribution in [2.24, 2.45) is 5.11 Å². The zero-order valence-electron chi connectivity index (χ0n) is 9.56. The van der Waals surface area contributed by atoms with E-state index in [9.17, 15) is 4.79 Å². The minimum absolute atomic E-state index is 0.138. The van der Waals surface area contributed by atoms with E-state index in [4.69, 9.17) is 14.7 Å². The number of carbonyl (C=O) groups excluding carboxylic acids is 1. The van der Waals surface area contributed by atoms with Crippen LogP contribution in [0.5, 0.6) is 0 Å². The molecule has 0 heterocycles. The van der Waals surface area contributed by atoms with E-state index in [2.05, 4.69) is 10.0 Å². The van der Waals surface area contributed by atoms with E-state index in [0.717, 1.165) is 0 Å². The van der Waals surface area contributed by atoms with Gasteiger partial charge in [0.1, 0.15) is 6.61 Å². The highest BCUT2D eigenvalue weighted by molar-refractivity contribution is 6.69. The van der Waals surface area contributed by atoms with Crippen LogP contribution in [0.3, 0.4) is 0 Å².